The molecule has 1 N–H and O–H groups in total. The molecule has 0 saturated heterocycles. The van der Waals surface area contributed by atoms with Crippen molar-refractivity contribution in [2.45, 2.75) is 20.8 Å². The molecule has 0 saturated carbocycles. The second-order valence-electron chi connectivity index (χ2n) is 2.89. The summed E-state index contributed by atoms with van der Waals surface area (Å²) in [6.07, 6.45) is 0. The average Bonchev–Trinajstić information content (AvgIpc) is 1.85. The zero-order valence-corrected chi connectivity index (χ0v) is 7.23. The van der Waals surface area contributed by atoms with E-state index in [1.165, 1.54) is 11.1 Å². The molecule has 1 aromatic carbocycles. The van der Waals surface area contributed by atoms with Crippen molar-refractivity contribution in [3.05, 3.63) is 34.9 Å². The molecule has 0 unspecified atom stereocenters. The molecule has 0 amide bonds. The van der Waals surface area contributed by atoms with Crippen LogP contribution in [0, 0.1) is 19.3 Å². The molecule has 0 aliphatic rings. The van der Waals surface area contributed by atoms with Crippen molar-refractivity contribution in [3.8, 4) is 0 Å². The third-order valence-corrected chi connectivity index (χ3v) is 1.86. The number of hydrogen-bond acceptors (Lipinski definition) is 1. The number of rotatable bonds is 1. The summed E-state index contributed by atoms with van der Waals surface area (Å²) >= 11 is 0. The molecule has 0 fully saturated rings. The number of hydrogen-bond donors (Lipinski definition) is 1. The molecule has 0 bridgehead atoms. The molecule has 0 atom stereocenters. The van der Waals surface area contributed by atoms with Crippen LogP contribution < -0.4 is 0 Å². The summed E-state index contributed by atoms with van der Waals surface area (Å²) in [5.41, 5.74) is 4.13. The maximum absolute atomic E-state index is 7.52. The second kappa shape index (κ2) is 2.87. The van der Waals surface area contributed by atoms with Crippen LogP contribution in [0.3, 0.4) is 0 Å². The van der Waals surface area contributed by atoms with Crippen molar-refractivity contribution in [1.82, 2.24) is 0 Å². The van der Waals surface area contributed by atoms with Crippen molar-refractivity contribution in [2.75, 3.05) is 0 Å². The summed E-state index contributed by atoms with van der Waals surface area (Å²) in [6, 6.07) is 6.11. The Hall–Kier alpha value is -1.11. The molecule has 58 valence electrons. The van der Waals surface area contributed by atoms with Gasteiger partial charge in [0.05, 0.1) is 0 Å². The molecule has 1 heteroatoms. The SMILES string of the molecule is CC(=N)c1c(C)cccc1C. The molecule has 0 aliphatic heterocycles. The molecular weight excluding hydrogens is 134 g/mol. The van der Waals surface area contributed by atoms with E-state index in [9.17, 15) is 0 Å². The van der Waals surface area contributed by atoms with Gasteiger partial charge in [0.15, 0.2) is 0 Å². The lowest BCUT2D eigenvalue weighted by Crippen LogP contribution is -1.98. The summed E-state index contributed by atoms with van der Waals surface area (Å²) in [5.74, 6) is 0. The van der Waals surface area contributed by atoms with Crippen LogP contribution in [0.5, 0.6) is 0 Å². The Morgan fingerprint density at radius 2 is 1.64 bits per heavy atom. The Balaban J connectivity index is 3.32. The summed E-state index contributed by atoms with van der Waals surface area (Å²) in [6.45, 7) is 5.91. The third kappa shape index (κ3) is 1.48. The van der Waals surface area contributed by atoms with Crippen LogP contribution in [0.4, 0.5) is 0 Å². The van der Waals surface area contributed by atoms with E-state index in [1.807, 2.05) is 39.0 Å². The normalized spacial score (nSPS) is 9.73. The summed E-state index contributed by atoms with van der Waals surface area (Å²) < 4.78 is 0. The van der Waals surface area contributed by atoms with Gasteiger partial charge in [0.2, 0.25) is 0 Å². The maximum Gasteiger partial charge on any atom is 0.0360 e. The topological polar surface area (TPSA) is 23.9 Å². The van der Waals surface area contributed by atoms with Crippen LogP contribution in [0.1, 0.15) is 23.6 Å². The van der Waals surface area contributed by atoms with E-state index in [0.29, 0.717) is 5.71 Å². The van der Waals surface area contributed by atoms with Crippen molar-refractivity contribution >= 4 is 5.71 Å². The van der Waals surface area contributed by atoms with Crippen molar-refractivity contribution in [1.29, 1.82) is 5.41 Å². The van der Waals surface area contributed by atoms with Crippen LogP contribution in [0.25, 0.3) is 0 Å². The first-order chi connectivity index (χ1) is 5.13. The number of nitrogens with one attached hydrogen (secondary N) is 1. The highest BCUT2D eigenvalue weighted by Gasteiger charge is 2.02. The van der Waals surface area contributed by atoms with Gasteiger partial charge >= 0.3 is 0 Å². The van der Waals surface area contributed by atoms with Gasteiger partial charge < -0.3 is 5.41 Å². The Morgan fingerprint density at radius 3 is 1.91 bits per heavy atom. The van der Waals surface area contributed by atoms with Gasteiger partial charge in [0.1, 0.15) is 0 Å². The smallest absolute Gasteiger partial charge is 0.0360 e. The third-order valence-electron chi connectivity index (χ3n) is 1.86. The molecule has 1 nitrogen and oxygen atoms in total. The van der Waals surface area contributed by atoms with Gasteiger partial charge in [-0.3, -0.25) is 0 Å². The molecule has 0 spiro atoms. The fourth-order valence-electron chi connectivity index (χ4n) is 1.41. The van der Waals surface area contributed by atoms with Gasteiger partial charge in [0.25, 0.3) is 0 Å². The fraction of sp³-hybridized carbons (Fsp3) is 0.300. The van der Waals surface area contributed by atoms with Gasteiger partial charge in [-0.2, -0.15) is 0 Å². The highest BCUT2D eigenvalue weighted by molar-refractivity contribution is 5.98. The van der Waals surface area contributed by atoms with E-state index in [2.05, 4.69) is 0 Å². The molecule has 0 aliphatic carbocycles. The lowest BCUT2D eigenvalue weighted by molar-refractivity contribution is 1.32. The fourth-order valence-corrected chi connectivity index (χ4v) is 1.41. The molecule has 1 rings (SSSR count). The first-order valence-corrected chi connectivity index (χ1v) is 3.74. The van der Waals surface area contributed by atoms with Crippen molar-refractivity contribution in [3.63, 3.8) is 0 Å². The Morgan fingerprint density at radius 1 is 1.18 bits per heavy atom. The predicted octanol–water partition coefficient (Wildman–Crippen LogP) is 2.69. The monoisotopic (exact) mass is 147 g/mol. The zero-order chi connectivity index (χ0) is 8.43. The highest BCUT2D eigenvalue weighted by atomic mass is 14.4. The van der Waals surface area contributed by atoms with Crippen LogP contribution >= 0.6 is 0 Å². The predicted molar refractivity (Wildman–Crippen MR) is 48.4 cm³/mol. The average molecular weight is 147 g/mol. The van der Waals surface area contributed by atoms with Crippen LogP contribution in [0.15, 0.2) is 18.2 Å². The van der Waals surface area contributed by atoms with Crippen molar-refractivity contribution in [2.24, 2.45) is 0 Å². The lowest BCUT2D eigenvalue weighted by Gasteiger charge is -2.06. The van der Waals surface area contributed by atoms with E-state index < -0.39 is 0 Å². The minimum Gasteiger partial charge on any atom is -0.305 e. The first kappa shape index (κ1) is 7.99. The van der Waals surface area contributed by atoms with E-state index in [1.54, 1.807) is 0 Å². The molecular formula is C10H13N. The van der Waals surface area contributed by atoms with Gasteiger partial charge in [-0.25, -0.2) is 0 Å². The molecule has 0 heterocycles. The summed E-state index contributed by atoms with van der Waals surface area (Å²) in [5, 5.41) is 7.52. The van der Waals surface area contributed by atoms with E-state index >= 15 is 0 Å². The van der Waals surface area contributed by atoms with E-state index in [4.69, 9.17) is 5.41 Å². The molecule has 11 heavy (non-hydrogen) atoms. The van der Waals surface area contributed by atoms with Crippen LogP contribution in [-0.4, -0.2) is 5.71 Å². The Bertz CT molecular complexity index is 267. The largest absolute Gasteiger partial charge is 0.305 e. The van der Waals surface area contributed by atoms with Gasteiger partial charge in [0, 0.05) is 11.3 Å². The summed E-state index contributed by atoms with van der Waals surface area (Å²) in [4.78, 5) is 0. The van der Waals surface area contributed by atoms with Gasteiger partial charge in [-0.05, 0) is 31.9 Å². The molecule has 0 aromatic heterocycles. The Labute approximate surface area is 67.6 Å². The molecule has 1 aromatic rings. The highest BCUT2D eigenvalue weighted by Crippen LogP contribution is 2.12. The zero-order valence-electron chi connectivity index (χ0n) is 7.23. The van der Waals surface area contributed by atoms with Crippen LogP contribution in [0.2, 0.25) is 0 Å². The standard InChI is InChI=1S/C10H13N/c1-7-5-4-6-8(2)10(7)9(3)11/h4-6,11H,1-3H3. The van der Waals surface area contributed by atoms with E-state index in [0.717, 1.165) is 5.56 Å². The summed E-state index contributed by atoms with van der Waals surface area (Å²) in [7, 11) is 0. The van der Waals surface area contributed by atoms with Crippen molar-refractivity contribution < 1.29 is 0 Å². The minimum absolute atomic E-state index is 0.653. The minimum atomic E-state index is 0.653. The quantitative estimate of drug-likeness (QED) is 0.590. The number of aryl methyl sites for hydroxylation is 2. The second-order valence-corrected chi connectivity index (χ2v) is 2.89. The van der Waals surface area contributed by atoms with Gasteiger partial charge in [-0.1, -0.05) is 18.2 Å². The lowest BCUT2D eigenvalue weighted by atomic mass is 10.00. The van der Waals surface area contributed by atoms with Gasteiger partial charge in [-0.15, -0.1) is 0 Å². The number of benzene rings is 1. The maximum atomic E-state index is 7.52. The van der Waals surface area contributed by atoms with Crippen LogP contribution in [-0.2, 0) is 0 Å². The Kier molecular flexibility index (Phi) is 2.08. The first-order valence-electron chi connectivity index (χ1n) is 3.74. The molecule has 0 radical (unpaired) electrons. The van der Waals surface area contributed by atoms with E-state index in [-0.39, 0.29) is 0 Å².